The lowest BCUT2D eigenvalue weighted by molar-refractivity contribution is -0.0547. The fourth-order valence-corrected chi connectivity index (χ4v) is 2.70. The molecule has 17 heavy (non-hydrogen) atoms. The molecule has 0 aliphatic heterocycles. The quantitative estimate of drug-likeness (QED) is 0.871. The van der Waals surface area contributed by atoms with Crippen LogP contribution in [-0.2, 0) is 0 Å². The predicted molar refractivity (Wildman–Crippen MR) is 62.0 cm³/mol. The third-order valence-electron chi connectivity index (χ3n) is 3.61. The molecule has 1 heterocycles. The minimum atomic E-state index is -2.46. The van der Waals surface area contributed by atoms with Crippen molar-refractivity contribution in [3.63, 3.8) is 0 Å². The van der Waals surface area contributed by atoms with Gasteiger partial charge in [0.05, 0.1) is 12.5 Å². The Labute approximate surface area is 100 Å². The smallest absolute Gasteiger partial charge is 0.248 e. The van der Waals surface area contributed by atoms with Crippen LogP contribution in [0.2, 0.25) is 0 Å². The van der Waals surface area contributed by atoms with E-state index in [1.165, 1.54) is 0 Å². The molecule has 2 unspecified atom stereocenters. The molecule has 2 rings (SSSR count). The lowest BCUT2D eigenvalue weighted by Crippen LogP contribution is -2.29. The van der Waals surface area contributed by atoms with Gasteiger partial charge in [-0.2, -0.15) is 0 Å². The maximum atomic E-state index is 13.3. The van der Waals surface area contributed by atoms with Gasteiger partial charge in [-0.3, -0.25) is 0 Å². The average molecular weight is 243 g/mol. The maximum absolute atomic E-state index is 13.3. The molecule has 1 fully saturated rings. The van der Waals surface area contributed by atoms with E-state index in [1.807, 2.05) is 13.1 Å². The summed E-state index contributed by atoms with van der Waals surface area (Å²) >= 11 is 0. The average Bonchev–Trinajstić information content (AvgIpc) is 2.78. The largest absolute Gasteiger partial charge is 0.472 e. The number of hydrogen-bond donors (Lipinski definition) is 1. The summed E-state index contributed by atoms with van der Waals surface area (Å²) in [5.74, 6) is -2.36. The van der Waals surface area contributed by atoms with E-state index in [-0.39, 0.29) is 24.8 Å². The van der Waals surface area contributed by atoms with Crippen LogP contribution >= 0.6 is 0 Å². The number of nitrogens with one attached hydrogen (secondary N) is 1. The lowest BCUT2D eigenvalue weighted by atomic mass is 9.82. The second kappa shape index (κ2) is 5.17. The molecule has 0 saturated heterocycles. The summed E-state index contributed by atoms with van der Waals surface area (Å²) < 4.78 is 31.7. The van der Waals surface area contributed by atoms with Crippen LogP contribution in [-0.4, -0.2) is 13.0 Å². The fraction of sp³-hybridized carbons (Fsp3) is 0.692. The topological polar surface area (TPSA) is 25.2 Å². The first-order valence-corrected chi connectivity index (χ1v) is 6.18. The molecule has 0 spiro atoms. The Morgan fingerprint density at radius 2 is 2.41 bits per heavy atom. The molecule has 1 N–H and O–H groups in total. The summed E-state index contributed by atoms with van der Waals surface area (Å²) in [5.41, 5.74) is 1.04. The summed E-state index contributed by atoms with van der Waals surface area (Å²) in [6, 6.07) is 2.01. The molecular formula is C13H19F2NO. The van der Waals surface area contributed by atoms with Gasteiger partial charge in [-0.25, -0.2) is 8.78 Å². The predicted octanol–water partition coefficient (Wildman–Crippen LogP) is 3.76. The van der Waals surface area contributed by atoms with Gasteiger partial charge in [0, 0.05) is 24.4 Å². The molecule has 2 atom stereocenters. The first-order chi connectivity index (χ1) is 8.11. The summed E-state index contributed by atoms with van der Waals surface area (Å²) in [6.07, 6.45) is 5.69. The monoisotopic (exact) mass is 243 g/mol. The van der Waals surface area contributed by atoms with Gasteiger partial charge in [0.1, 0.15) is 0 Å². The first kappa shape index (κ1) is 12.6. The minimum Gasteiger partial charge on any atom is -0.472 e. The number of hydrogen-bond acceptors (Lipinski definition) is 2. The van der Waals surface area contributed by atoms with Crippen molar-refractivity contribution in [1.29, 1.82) is 0 Å². The molecule has 0 aromatic carbocycles. The molecule has 0 radical (unpaired) electrons. The van der Waals surface area contributed by atoms with Crippen molar-refractivity contribution in [1.82, 2.24) is 5.32 Å². The zero-order valence-corrected chi connectivity index (χ0v) is 10.1. The number of furan rings is 1. The van der Waals surface area contributed by atoms with Crippen molar-refractivity contribution in [3.8, 4) is 0 Å². The third-order valence-corrected chi connectivity index (χ3v) is 3.61. The van der Waals surface area contributed by atoms with Crippen LogP contribution in [0.25, 0.3) is 0 Å². The van der Waals surface area contributed by atoms with Crippen molar-refractivity contribution in [2.24, 2.45) is 5.92 Å². The second-order valence-corrected chi connectivity index (χ2v) is 4.95. The Hall–Kier alpha value is -0.900. The Morgan fingerprint density at radius 1 is 1.59 bits per heavy atom. The highest BCUT2D eigenvalue weighted by molar-refractivity contribution is 5.11. The lowest BCUT2D eigenvalue weighted by Gasteiger charge is -2.31. The molecule has 1 aromatic rings. The summed E-state index contributed by atoms with van der Waals surface area (Å²) in [6.45, 7) is 0. The second-order valence-electron chi connectivity index (χ2n) is 4.95. The van der Waals surface area contributed by atoms with Gasteiger partial charge in [0.15, 0.2) is 0 Å². The normalized spacial score (nSPS) is 25.7. The minimum absolute atomic E-state index is 0.0308. The van der Waals surface area contributed by atoms with E-state index in [0.29, 0.717) is 6.42 Å². The first-order valence-electron chi connectivity index (χ1n) is 6.18. The van der Waals surface area contributed by atoms with Crippen molar-refractivity contribution in [3.05, 3.63) is 24.2 Å². The molecule has 1 saturated carbocycles. The van der Waals surface area contributed by atoms with Gasteiger partial charge in [0.2, 0.25) is 5.92 Å². The fourth-order valence-electron chi connectivity index (χ4n) is 2.70. The Bertz CT molecular complexity index is 337. The van der Waals surface area contributed by atoms with E-state index in [2.05, 4.69) is 5.32 Å². The van der Waals surface area contributed by atoms with Gasteiger partial charge in [-0.05, 0) is 38.3 Å². The van der Waals surface area contributed by atoms with E-state index in [9.17, 15) is 8.78 Å². The molecule has 0 amide bonds. The van der Waals surface area contributed by atoms with Crippen molar-refractivity contribution < 1.29 is 13.2 Å². The van der Waals surface area contributed by atoms with Crippen LogP contribution in [0.3, 0.4) is 0 Å². The molecule has 1 aliphatic carbocycles. The highest BCUT2D eigenvalue weighted by Crippen LogP contribution is 2.40. The highest BCUT2D eigenvalue weighted by atomic mass is 19.3. The molecule has 0 bridgehead atoms. The van der Waals surface area contributed by atoms with Crippen LogP contribution in [0.4, 0.5) is 8.78 Å². The van der Waals surface area contributed by atoms with Gasteiger partial charge < -0.3 is 9.73 Å². The van der Waals surface area contributed by atoms with Crippen LogP contribution in [0.15, 0.2) is 23.0 Å². The zero-order chi connectivity index (χ0) is 12.3. The van der Waals surface area contributed by atoms with Gasteiger partial charge in [0.25, 0.3) is 0 Å². The number of halogens is 2. The van der Waals surface area contributed by atoms with Crippen LogP contribution in [0.5, 0.6) is 0 Å². The Morgan fingerprint density at radius 3 is 3.00 bits per heavy atom. The van der Waals surface area contributed by atoms with E-state index in [1.54, 1.807) is 12.5 Å². The van der Waals surface area contributed by atoms with E-state index in [4.69, 9.17) is 4.42 Å². The third kappa shape index (κ3) is 3.28. The van der Waals surface area contributed by atoms with Gasteiger partial charge in [-0.1, -0.05) is 0 Å². The molecule has 2 nitrogen and oxygen atoms in total. The van der Waals surface area contributed by atoms with E-state index >= 15 is 0 Å². The van der Waals surface area contributed by atoms with Crippen molar-refractivity contribution >= 4 is 0 Å². The van der Waals surface area contributed by atoms with Crippen molar-refractivity contribution in [2.75, 3.05) is 7.05 Å². The Kier molecular flexibility index (Phi) is 3.82. The van der Waals surface area contributed by atoms with Gasteiger partial charge >= 0.3 is 0 Å². The molecule has 1 aromatic heterocycles. The molecule has 96 valence electrons. The van der Waals surface area contributed by atoms with E-state index in [0.717, 1.165) is 18.4 Å². The SMILES string of the molecule is CNC(CC1CCCC(F)(F)C1)c1ccoc1. The van der Waals surface area contributed by atoms with Crippen molar-refractivity contribution in [2.45, 2.75) is 44.1 Å². The maximum Gasteiger partial charge on any atom is 0.248 e. The molecule has 4 heteroatoms. The summed E-state index contributed by atoms with van der Waals surface area (Å²) in [5, 5.41) is 3.17. The van der Waals surface area contributed by atoms with Gasteiger partial charge in [-0.15, -0.1) is 0 Å². The van der Waals surface area contributed by atoms with E-state index < -0.39 is 5.92 Å². The standard InChI is InChI=1S/C13H19F2NO/c1-16-12(11-4-6-17-9-11)7-10-3-2-5-13(14,15)8-10/h4,6,9-10,12,16H,2-3,5,7-8H2,1H3. The van der Waals surface area contributed by atoms with Crippen LogP contribution in [0, 0.1) is 5.92 Å². The Balaban J connectivity index is 1.95. The number of rotatable bonds is 4. The highest BCUT2D eigenvalue weighted by Gasteiger charge is 2.36. The van der Waals surface area contributed by atoms with Crippen LogP contribution < -0.4 is 5.32 Å². The van der Waals surface area contributed by atoms with Crippen LogP contribution in [0.1, 0.15) is 43.7 Å². The summed E-state index contributed by atoms with van der Waals surface area (Å²) in [4.78, 5) is 0. The summed E-state index contributed by atoms with van der Waals surface area (Å²) in [7, 11) is 1.86. The molecule has 1 aliphatic rings. The number of alkyl halides is 2. The zero-order valence-electron chi connectivity index (χ0n) is 10.1. The molecular weight excluding hydrogens is 224 g/mol.